The van der Waals surface area contributed by atoms with E-state index in [-0.39, 0.29) is 0 Å². The summed E-state index contributed by atoms with van der Waals surface area (Å²) in [6.45, 7) is 1.78. The Balaban J connectivity index is 1.62. The molecule has 0 bridgehead atoms. The van der Waals surface area contributed by atoms with E-state index in [1.54, 1.807) is 19.6 Å². The maximum Gasteiger partial charge on any atom is 0.170 e. The molecular formula is C19H20N2O3S. The highest BCUT2D eigenvalue weighted by molar-refractivity contribution is 7.80. The molecule has 1 aromatic carbocycles. The van der Waals surface area contributed by atoms with Crippen molar-refractivity contribution in [3.05, 3.63) is 78.1 Å². The average Bonchev–Trinajstić information content (AvgIpc) is 3.33. The smallest absolute Gasteiger partial charge is 0.170 e. The first-order valence-corrected chi connectivity index (χ1v) is 8.36. The van der Waals surface area contributed by atoms with Gasteiger partial charge in [0, 0.05) is 6.54 Å². The number of nitrogens with zero attached hydrogens (tertiary/aromatic N) is 1. The Morgan fingerprint density at radius 3 is 2.08 bits per heavy atom. The van der Waals surface area contributed by atoms with Crippen LogP contribution >= 0.6 is 12.2 Å². The Bertz CT molecular complexity index is 731. The summed E-state index contributed by atoms with van der Waals surface area (Å²) in [7, 11) is 1.66. The van der Waals surface area contributed by atoms with Gasteiger partial charge in [0.1, 0.15) is 17.3 Å². The van der Waals surface area contributed by atoms with Gasteiger partial charge in [0.2, 0.25) is 0 Å². The van der Waals surface area contributed by atoms with E-state index in [1.807, 2.05) is 53.4 Å². The van der Waals surface area contributed by atoms with Gasteiger partial charge < -0.3 is 23.8 Å². The monoisotopic (exact) mass is 356 g/mol. The third-order valence-electron chi connectivity index (χ3n) is 3.74. The summed E-state index contributed by atoms with van der Waals surface area (Å²) >= 11 is 5.58. The lowest BCUT2D eigenvalue weighted by atomic mass is 10.2. The number of rotatable bonds is 7. The van der Waals surface area contributed by atoms with Crippen molar-refractivity contribution in [2.24, 2.45) is 0 Å². The fourth-order valence-electron chi connectivity index (χ4n) is 2.41. The number of furan rings is 2. The lowest BCUT2D eigenvalue weighted by Crippen LogP contribution is -2.38. The van der Waals surface area contributed by atoms with E-state index >= 15 is 0 Å². The largest absolute Gasteiger partial charge is 0.497 e. The Labute approximate surface area is 152 Å². The quantitative estimate of drug-likeness (QED) is 0.647. The van der Waals surface area contributed by atoms with E-state index in [0.717, 1.165) is 22.8 Å². The number of ether oxygens (including phenoxy) is 1. The minimum absolute atomic E-state index is 0.572. The number of hydrogen-bond donors (Lipinski definition) is 1. The summed E-state index contributed by atoms with van der Waals surface area (Å²) in [5, 5.41) is 3.94. The molecule has 0 atom stereocenters. The van der Waals surface area contributed by atoms with Gasteiger partial charge in [0.05, 0.1) is 32.7 Å². The van der Waals surface area contributed by atoms with Crippen LogP contribution < -0.4 is 10.1 Å². The standard InChI is InChI=1S/C19H20N2O3S/c1-22-16-8-6-15(7-9-16)12-20-19(25)21(13-17-4-2-10-23-17)14-18-5-3-11-24-18/h2-11H,12-14H2,1H3,(H,20,25). The van der Waals surface area contributed by atoms with Crippen molar-refractivity contribution >= 4 is 17.3 Å². The van der Waals surface area contributed by atoms with E-state index in [1.165, 1.54) is 0 Å². The molecule has 5 nitrogen and oxygen atoms in total. The van der Waals surface area contributed by atoms with Gasteiger partial charge in [0.25, 0.3) is 0 Å². The molecule has 0 saturated heterocycles. The average molecular weight is 356 g/mol. The van der Waals surface area contributed by atoms with Crippen LogP contribution in [0.15, 0.2) is 69.9 Å². The van der Waals surface area contributed by atoms with Gasteiger partial charge in [-0.1, -0.05) is 12.1 Å². The highest BCUT2D eigenvalue weighted by atomic mass is 32.1. The summed E-state index contributed by atoms with van der Waals surface area (Å²) in [6, 6.07) is 15.5. The van der Waals surface area contributed by atoms with Gasteiger partial charge in [-0.25, -0.2) is 0 Å². The van der Waals surface area contributed by atoms with Crippen molar-refractivity contribution in [3.63, 3.8) is 0 Å². The van der Waals surface area contributed by atoms with Crippen LogP contribution in [-0.4, -0.2) is 17.1 Å². The van der Waals surface area contributed by atoms with Crippen molar-refractivity contribution < 1.29 is 13.6 Å². The summed E-state index contributed by atoms with van der Waals surface area (Å²) in [5.41, 5.74) is 1.12. The third-order valence-corrected chi connectivity index (χ3v) is 4.15. The van der Waals surface area contributed by atoms with Gasteiger partial charge >= 0.3 is 0 Å². The fraction of sp³-hybridized carbons (Fsp3) is 0.211. The molecule has 2 heterocycles. The molecule has 25 heavy (non-hydrogen) atoms. The van der Waals surface area contributed by atoms with Crippen LogP contribution in [0, 0.1) is 0 Å². The van der Waals surface area contributed by atoms with Gasteiger partial charge in [-0.3, -0.25) is 0 Å². The first-order chi connectivity index (χ1) is 12.2. The molecule has 3 rings (SSSR count). The van der Waals surface area contributed by atoms with Crippen LogP contribution in [0.4, 0.5) is 0 Å². The number of nitrogens with one attached hydrogen (secondary N) is 1. The zero-order valence-corrected chi connectivity index (χ0v) is 14.8. The van der Waals surface area contributed by atoms with Crippen molar-refractivity contribution in [3.8, 4) is 5.75 Å². The predicted octanol–water partition coefficient (Wildman–Crippen LogP) is 3.96. The molecule has 0 unspecified atom stereocenters. The number of methoxy groups -OCH3 is 1. The molecule has 0 aliphatic carbocycles. The van der Waals surface area contributed by atoms with Gasteiger partial charge in [-0.15, -0.1) is 0 Å². The first kappa shape index (κ1) is 17.1. The van der Waals surface area contributed by atoms with Gasteiger partial charge in [0.15, 0.2) is 5.11 Å². The Morgan fingerprint density at radius 1 is 1.00 bits per heavy atom. The van der Waals surface area contributed by atoms with Crippen molar-refractivity contribution in [2.45, 2.75) is 19.6 Å². The van der Waals surface area contributed by atoms with Gasteiger partial charge in [-0.2, -0.15) is 0 Å². The molecule has 2 aromatic heterocycles. The van der Waals surface area contributed by atoms with Crippen LogP contribution in [0.5, 0.6) is 5.75 Å². The van der Waals surface area contributed by atoms with Crippen molar-refractivity contribution in [1.29, 1.82) is 0 Å². The number of thiocarbonyl (C=S) groups is 1. The number of hydrogen-bond acceptors (Lipinski definition) is 4. The van der Waals surface area contributed by atoms with Gasteiger partial charge in [-0.05, 0) is 54.2 Å². The lowest BCUT2D eigenvalue weighted by molar-refractivity contribution is 0.321. The molecule has 0 radical (unpaired) electrons. The number of benzene rings is 1. The van der Waals surface area contributed by atoms with E-state index in [4.69, 9.17) is 25.8 Å². The molecule has 3 aromatic rings. The van der Waals surface area contributed by atoms with Crippen LogP contribution in [0.3, 0.4) is 0 Å². The Hall–Kier alpha value is -2.73. The van der Waals surface area contributed by atoms with Crippen LogP contribution in [0.2, 0.25) is 0 Å². The van der Waals surface area contributed by atoms with E-state index in [9.17, 15) is 0 Å². The summed E-state index contributed by atoms with van der Waals surface area (Å²) < 4.78 is 16.1. The molecule has 130 valence electrons. The van der Waals surface area contributed by atoms with Crippen LogP contribution in [-0.2, 0) is 19.6 Å². The molecule has 0 amide bonds. The van der Waals surface area contributed by atoms with E-state index < -0.39 is 0 Å². The minimum Gasteiger partial charge on any atom is -0.497 e. The zero-order valence-electron chi connectivity index (χ0n) is 14.0. The summed E-state index contributed by atoms with van der Waals surface area (Å²) in [5.74, 6) is 2.53. The van der Waals surface area contributed by atoms with Crippen LogP contribution in [0.25, 0.3) is 0 Å². The Kier molecular flexibility index (Phi) is 5.74. The van der Waals surface area contributed by atoms with E-state index in [2.05, 4.69) is 5.32 Å². The molecule has 1 N–H and O–H groups in total. The van der Waals surface area contributed by atoms with Crippen molar-refractivity contribution in [1.82, 2.24) is 10.2 Å². The fourth-order valence-corrected chi connectivity index (χ4v) is 2.61. The summed E-state index contributed by atoms with van der Waals surface area (Å²) in [6.07, 6.45) is 3.32. The molecule has 0 aliphatic rings. The summed E-state index contributed by atoms with van der Waals surface area (Å²) in [4.78, 5) is 2.01. The highest BCUT2D eigenvalue weighted by Crippen LogP contribution is 2.13. The molecule has 0 fully saturated rings. The maximum absolute atomic E-state index is 5.58. The Morgan fingerprint density at radius 2 is 1.60 bits per heavy atom. The molecule has 6 heteroatoms. The molecule has 0 spiro atoms. The second-order valence-corrected chi connectivity index (χ2v) is 5.91. The molecule has 0 aliphatic heterocycles. The predicted molar refractivity (Wildman–Crippen MR) is 99.1 cm³/mol. The second kappa shape index (κ2) is 8.39. The first-order valence-electron chi connectivity index (χ1n) is 7.95. The SMILES string of the molecule is COc1ccc(CNC(=S)N(Cc2ccco2)Cc2ccco2)cc1. The minimum atomic E-state index is 0.572. The zero-order chi connectivity index (χ0) is 17.5. The molecule has 0 saturated carbocycles. The maximum atomic E-state index is 5.58. The lowest BCUT2D eigenvalue weighted by Gasteiger charge is -2.24. The van der Waals surface area contributed by atoms with E-state index in [0.29, 0.717) is 24.7 Å². The highest BCUT2D eigenvalue weighted by Gasteiger charge is 2.14. The van der Waals surface area contributed by atoms with Crippen LogP contribution in [0.1, 0.15) is 17.1 Å². The topological polar surface area (TPSA) is 50.8 Å². The van der Waals surface area contributed by atoms with Crippen molar-refractivity contribution in [2.75, 3.05) is 7.11 Å². The normalized spacial score (nSPS) is 10.4. The second-order valence-electron chi connectivity index (χ2n) is 5.52. The third kappa shape index (κ3) is 4.87. The molecular weight excluding hydrogens is 336 g/mol.